The molecule has 2 aromatic rings. The number of piperidine rings is 1. The van der Waals surface area contributed by atoms with Gasteiger partial charge in [0.15, 0.2) is 5.76 Å². The van der Waals surface area contributed by atoms with Crippen LogP contribution in [0.25, 0.3) is 0 Å². The maximum absolute atomic E-state index is 12.5. The quantitative estimate of drug-likeness (QED) is 0.820. The molecule has 2 N–H and O–H groups in total. The second kappa shape index (κ2) is 8.86. The van der Waals surface area contributed by atoms with E-state index in [1.807, 2.05) is 6.07 Å². The molecule has 0 spiro atoms. The zero-order valence-electron chi connectivity index (χ0n) is 15.9. The smallest absolute Gasteiger partial charge is 0.287 e. The lowest BCUT2D eigenvalue weighted by Gasteiger charge is -2.37. The number of hydrogen-bond donors (Lipinski definition) is 2. The van der Waals surface area contributed by atoms with E-state index in [0.29, 0.717) is 5.92 Å². The van der Waals surface area contributed by atoms with Gasteiger partial charge in [-0.05, 0) is 37.0 Å². The van der Waals surface area contributed by atoms with Crippen molar-refractivity contribution < 1.29 is 14.0 Å². The van der Waals surface area contributed by atoms with Gasteiger partial charge in [0, 0.05) is 25.7 Å². The fraction of sp³-hybridized carbons (Fsp3) is 0.429. The third-order valence-electron chi connectivity index (χ3n) is 5.05. The summed E-state index contributed by atoms with van der Waals surface area (Å²) in [5.41, 5.74) is 1.31. The van der Waals surface area contributed by atoms with Crippen LogP contribution in [0.1, 0.15) is 36.4 Å². The van der Waals surface area contributed by atoms with Gasteiger partial charge in [-0.15, -0.1) is 0 Å². The minimum absolute atomic E-state index is 0.118. The first kappa shape index (κ1) is 19.2. The maximum atomic E-state index is 12.5. The SMILES string of the molecule is CC(NC(=O)c1ccco1)C(=O)NC1CCN(Cc2ccccc2)CC1C. The normalized spacial score (nSPS) is 21.4. The van der Waals surface area contributed by atoms with Crippen molar-refractivity contribution in [2.75, 3.05) is 13.1 Å². The van der Waals surface area contributed by atoms with E-state index >= 15 is 0 Å². The summed E-state index contributed by atoms with van der Waals surface area (Å²) in [6.45, 7) is 6.66. The number of carbonyl (C=O) groups excluding carboxylic acids is 2. The van der Waals surface area contributed by atoms with E-state index in [1.165, 1.54) is 11.8 Å². The van der Waals surface area contributed by atoms with Gasteiger partial charge in [0.05, 0.1) is 6.26 Å². The first-order chi connectivity index (χ1) is 13.0. The summed E-state index contributed by atoms with van der Waals surface area (Å²) in [4.78, 5) is 26.9. The number of likely N-dealkylation sites (tertiary alicyclic amines) is 1. The van der Waals surface area contributed by atoms with Gasteiger partial charge in [-0.2, -0.15) is 0 Å². The van der Waals surface area contributed by atoms with Gasteiger partial charge in [0.25, 0.3) is 5.91 Å². The van der Waals surface area contributed by atoms with E-state index in [4.69, 9.17) is 4.42 Å². The van der Waals surface area contributed by atoms with Crippen molar-refractivity contribution in [3.63, 3.8) is 0 Å². The maximum Gasteiger partial charge on any atom is 0.287 e. The number of nitrogens with zero attached hydrogens (tertiary/aromatic N) is 1. The Balaban J connectivity index is 1.46. The molecule has 0 aliphatic carbocycles. The summed E-state index contributed by atoms with van der Waals surface area (Å²) in [7, 11) is 0. The summed E-state index contributed by atoms with van der Waals surface area (Å²) < 4.78 is 5.05. The molecule has 2 heterocycles. The van der Waals surface area contributed by atoms with Crippen LogP contribution in [0, 0.1) is 5.92 Å². The molecule has 0 saturated carbocycles. The fourth-order valence-corrected chi connectivity index (χ4v) is 3.48. The van der Waals surface area contributed by atoms with Gasteiger partial charge in [0.2, 0.25) is 5.91 Å². The Morgan fingerprint density at radius 2 is 2.00 bits per heavy atom. The molecule has 6 heteroatoms. The average Bonchev–Trinajstić information content (AvgIpc) is 3.19. The van der Waals surface area contributed by atoms with E-state index in [9.17, 15) is 9.59 Å². The van der Waals surface area contributed by atoms with Gasteiger partial charge in [-0.25, -0.2) is 0 Å². The van der Waals surface area contributed by atoms with Crippen LogP contribution in [0.15, 0.2) is 53.1 Å². The predicted molar refractivity (Wildman–Crippen MR) is 103 cm³/mol. The van der Waals surface area contributed by atoms with Crippen molar-refractivity contribution in [3.8, 4) is 0 Å². The van der Waals surface area contributed by atoms with Gasteiger partial charge in [-0.1, -0.05) is 37.3 Å². The fourth-order valence-electron chi connectivity index (χ4n) is 3.48. The Morgan fingerprint density at radius 3 is 2.67 bits per heavy atom. The minimum Gasteiger partial charge on any atom is -0.459 e. The second-order valence-corrected chi connectivity index (χ2v) is 7.27. The topological polar surface area (TPSA) is 74.6 Å². The van der Waals surface area contributed by atoms with Crippen LogP contribution in [0.2, 0.25) is 0 Å². The molecule has 3 unspecified atom stereocenters. The number of nitrogens with one attached hydrogen (secondary N) is 2. The summed E-state index contributed by atoms with van der Waals surface area (Å²) in [6, 6.07) is 13.2. The van der Waals surface area contributed by atoms with E-state index in [1.54, 1.807) is 19.1 Å². The van der Waals surface area contributed by atoms with Crippen LogP contribution in [0.4, 0.5) is 0 Å². The molecular weight excluding hydrogens is 342 g/mol. The molecule has 1 aliphatic rings. The van der Waals surface area contributed by atoms with Crippen molar-refractivity contribution >= 4 is 11.8 Å². The highest BCUT2D eigenvalue weighted by Crippen LogP contribution is 2.19. The van der Waals surface area contributed by atoms with Crippen molar-refractivity contribution in [3.05, 3.63) is 60.1 Å². The number of hydrogen-bond acceptors (Lipinski definition) is 4. The van der Waals surface area contributed by atoms with Crippen molar-refractivity contribution in [2.45, 2.75) is 38.9 Å². The van der Waals surface area contributed by atoms with Gasteiger partial charge < -0.3 is 15.1 Å². The Labute approximate surface area is 159 Å². The lowest BCUT2D eigenvalue weighted by Crippen LogP contribution is -2.54. The second-order valence-electron chi connectivity index (χ2n) is 7.27. The first-order valence-corrected chi connectivity index (χ1v) is 9.44. The highest BCUT2D eigenvalue weighted by atomic mass is 16.3. The number of benzene rings is 1. The molecule has 144 valence electrons. The van der Waals surface area contributed by atoms with Gasteiger partial charge >= 0.3 is 0 Å². The molecule has 1 fully saturated rings. The third-order valence-corrected chi connectivity index (χ3v) is 5.05. The predicted octanol–water partition coefficient (Wildman–Crippen LogP) is 2.42. The van der Waals surface area contributed by atoms with Crippen molar-refractivity contribution in [1.82, 2.24) is 15.5 Å². The number of carbonyl (C=O) groups is 2. The van der Waals surface area contributed by atoms with Gasteiger partial charge in [-0.3, -0.25) is 14.5 Å². The molecule has 3 rings (SSSR count). The van der Waals surface area contributed by atoms with Crippen LogP contribution in [0.5, 0.6) is 0 Å². The Morgan fingerprint density at radius 1 is 1.22 bits per heavy atom. The molecule has 0 bridgehead atoms. The van der Waals surface area contributed by atoms with E-state index < -0.39 is 6.04 Å². The zero-order valence-corrected chi connectivity index (χ0v) is 15.9. The largest absolute Gasteiger partial charge is 0.459 e. The first-order valence-electron chi connectivity index (χ1n) is 9.44. The van der Waals surface area contributed by atoms with Crippen LogP contribution >= 0.6 is 0 Å². The molecule has 6 nitrogen and oxygen atoms in total. The molecule has 27 heavy (non-hydrogen) atoms. The molecule has 3 atom stereocenters. The van der Waals surface area contributed by atoms with Crippen LogP contribution in [-0.4, -0.2) is 41.9 Å². The molecule has 1 saturated heterocycles. The van der Waals surface area contributed by atoms with E-state index in [0.717, 1.165) is 26.1 Å². The van der Waals surface area contributed by atoms with Gasteiger partial charge in [0.1, 0.15) is 6.04 Å². The molecule has 1 aliphatic heterocycles. The number of amides is 2. The van der Waals surface area contributed by atoms with Crippen molar-refractivity contribution in [2.24, 2.45) is 5.92 Å². The molecule has 2 amide bonds. The highest BCUT2D eigenvalue weighted by molar-refractivity contribution is 5.95. The molecule has 0 radical (unpaired) electrons. The number of furan rings is 1. The highest BCUT2D eigenvalue weighted by Gasteiger charge is 2.29. The van der Waals surface area contributed by atoms with Crippen LogP contribution < -0.4 is 10.6 Å². The number of rotatable bonds is 6. The van der Waals surface area contributed by atoms with Crippen molar-refractivity contribution in [1.29, 1.82) is 0 Å². The van der Waals surface area contributed by atoms with E-state index in [-0.39, 0.29) is 23.6 Å². The zero-order chi connectivity index (χ0) is 19.2. The molecular formula is C21H27N3O3. The summed E-state index contributed by atoms with van der Waals surface area (Å²) in [5, 5.41) is 5.77. The monoisotopic (exact) mass is 369 g/mol. The molecule has 1 aromatic carbocycles. The lowest BCUT2D eigenvalue weighted by molar-refractivity contribution is -0.124. The molecule has 1 aromatic heterocycles. The van der Waals surface area contributed by atoms with E-state index in [2.05, 4.69) is 46.7 Å². The minimum atomic E-state index is -0.614. The summed E-state index contributed by atoms with van der Waals surface area (Å²) >= 11 is 0. The Hall–Kier alpha value is -2.60. The summed E-state index contributed by atoms with van der Waals surface area (Å²) in [5.74, 6) is 0.00766. The standard InChI is InChI=1S/C21H27N3O3/c1-15-13-24(14-17-7-4-3-5-8-17)11-10-18(15)23-20(25)16(2)22-21(26)19-9-6-12-27-19/h3-9,12,15-16,18H,10-11,13-14H2,1-2H3,(H,22,26)(H,23,25). The Kier molecular flexibility index (Phi) is 6.29. The van der Waals surface area contributed by atoms with Crippen LogP contribution in [-0.2, 0) is 11.3 Å². The lowest BCUT2D eigenvalue weighted by atomic mass is 9.93. The Bertz CT molecular complexity index is 745. The average molecular weight is 369 g/mol. The summed E-state index contributed by atoms with van der Waals surface area (Å²) in [6.07, 6.45) is 2.34. The third kappa shape index (κ3) is 5.20. The van der Waals surface area contributed by atoms with Crippen LogP contribution in [0.3, 0.4) is 0 Å².